The van der Waals surface area contributed by atoms with Crippen molar-refractivity contribution in [2.75, 3.05) is 19.7 Å². The van der Waals surface area contributed by atoms with E-state index in [0.29, 0.717) is 23.5 Å². The van der Waals surface area contributed by atoms with Gasteiger partial charge in [0.2, 0.25) is 5.91 Å². The highest BCUT2D eigenvalue weighted by molar-refractivity contribution is 6.05. The Hall–Kier alpha value is -3.94. The maximum absolute atomic E-state index is 12.5. The first-order valence-electron chi connectivity index (χ1n) is 12.1. The maximum atomic E-state index is 12.5. The van der Waals surface area contributed by atoms with Crippen molar-refractivity contribution in [3.63, 3.8) is 0 Å². The first kappa shape index (κ1) is 27.6. The molecule has 10 heteroatoms. The van der Waals surface area contributed by atoms with Crippen molar-refractivity contribution in [2.45, 2.75) is 45.8 Å². The highest BCUT2D eigenvalue weighted by atomic mass is 16.7. The zero-order chi connectivity index (χ0) is 27.0. The second-order valence-corrected chi connectivity index (χ2v) is 9.65. The lowest BCUT2D eigenvalue weighted by Gasteiger charge is -2.38. The summed E-state index contributed by atoms with van der Waals surface area (Å²) in [5, 5.41) is 27.9. The van der Waals surface area contributed by atoms with Gasteiger partial charge < -0.3 is 20.0 Å². The Bertz CT molecular complexity index is 1170. The lowest BCUT2D eigenvalue weighted by molar-refractivity contribution is -0.150. The van der Waals surface area contributed by atoms with Crippen LogP contribution in [0.1, 0.15) is 45.2 Å². The summed E-state index contributed by atoms with van der Waals surface area (Å²) in [6, 6.07) is 16.1. The van der Waals surface area contributed by atoms with Crippen molar-refractivity contribution in [1.29, 1.82) is 5.26 Å². The Morgan fingerprint density at radius 3 is 2.65 bits per heavy atom. The van der Waals surface area contributed by atoms with E-state index in [1.807, 2.05) is 32.9 Å². The summed E-state index contributed by atoms with van der Waals surface area (Å²) >= 11 is 0. The van der Waals surface area contributed by atoms with Gasteiger partial charge in [0.25, 0.3) is 5.91 Å². The second-order valence-electron chi connectivity index (χ2n) is 9.65. The summed E-state index contributed by atoms with van der Waals surface area (Å²) in [5.41, 5.74) is 3.83. The number of ether oxygens (including phenoxy) is 1. The van der Waals surface area contributed by atoms with Crippen molar-refractivity contribution in [2.24, 2.45) is 11.0 Å². The molecule has 0 bridgehead atoms. The minimum atomic E-state index is -0.719. The molecule has 3 N–H and O–H groups in total. The van der Waals surface area contributed by atoms with Crippen molar-refractivity contribution in [3.8, 4) is 17.6 Å². The Morgan fingerprint density at radius 2 is 2.00 bits per heavy atom. The number of carbonyl (C=O) groups excluding carboxylic acids is 2. The number of β-amino-alcohol motifs (C(OH)–C–C–N with tert-alkyl or cyclic N) is 1. The predicted molar refractivity (Wildman–Crippen MR) is 138 cm³/mol. The zero-order valence-electron chi connectivity index (χ0n) is 21.5. The van der Waals surface area contributed by atoms with E-state index in [2.05, 4.69) is 21.9 Å². The molecule has 10 nitrogen and oxygen atoms in total. The fourth-order valence-corrected chi connectivity index (χ4v) is 3.73. The molecule has 37 heavy (non-hydrogen) atoms. The molecule has 2 amide bonds. The molecule has 2 aromatic carbocycles. The topological polar surface area (TPSA) is 136 Å². The van der Waals surface area contributed by atoms with Gasteiger partial charge in [0.05, 0.1) is 29.5 Å². The molecule has 1 aliphatic rings. The largest absolute Gasteiger partial charge is 0.484 e. The molecular weight excluding hydrogens is 474 g/mol. The minimum absolute atomic E-state index is 0.0143. The molecule has 3 rings (SSSR count). The standard InChI is InChI=1S/C27H33N5O5/c1-18-13-24(34)30-31-26(18)20-9-11-22(12-10-20)36-16-25(35)29-17-27(3,4)32(15-19(2)33)37-23-8-6-5-7-21(23)14-28/h5-12,18-19,33H,13,15-17H2,1-4H3,(H,29,35)(H,30,34)/t18-,19-/m1/s1. The number of para-hydroxylation sites is 1. The molecule has 0 unspecified atom stereocenters. The summed E-state index contributed by atoms with van der Waals surface area (Å²) in [6.07, 6.45) is -0.313. The molecule has 2 aromatic rings. The third-order valence-electron chi connectivity index (χ3n) is 5.82. The number of aliphatic hydroxyl groups excluding tert-OH is 1. The van der Waals surface area contributed by atoms with Gasteiger partial charge in [-0.3, -0.25) is 9.59 Å². The molecule has 0 saturated heterocycles. The van der Waals surface area contributed by atoms with Crippen LogP contribution in [0.5, 0.6) is 11.5 Å². The van der Waals surface area contributed by atoms with Gasteiger partial charge in [0, 0.05) is 18.9 Å². The third kappa shape index (κ3) is 7.77. The lowest BCUT2D eigenvalue weighted by Crippen LogP contribution is -2.55. The molecule has 1 aliphatic heterocycles. The SMILES string of the molecule is C[C@@H]1CC(=O)NN=C1c1ccc(OCC(=O)NCC(C)(C)N(C[C@@H](C)O)Oc2ccccc2C#N)cc1. The van der Waals surface area contributed by atoms with E-state index in [4.69, 9.17) is 9.57 Å². The van der Waals surface area contributed by atoms with Crippen molar-refractivity contribution >= 4 is 17.5 Å². The van der Waals surface area contributed by atoms with Crippen LogP contribution in [0.3, 0.4) is 0 Å². The number of nitriles is 1. The highest BCUT2D eigenvalue weighted by Crippen LogP contribution is 2.23. The summed E-state index contributed by atoms with van der Waals surface area (Å²) in [6.45, 7) is 7.50. The number of nitrogens with one attached hydrogen (secondary N) is 2. The Labute approximate surface area is 216 Å². The number of hydrogen-bond donors (Lipinski definition) is 3. The Morgan fingerprint density at radius 1 is 1.30 bits per heavy atom. The van der Waals surface area contributed by atoms with Crippen molar-refractivity contribution in [1.82, 2.24) is 15.8 Å². The maximum Gasteiger partial charge on any atom is 0.258 e. The van der Waals surface area contributed by atoms with Crippen LogP contribution in [0, 0.1) is 17.2 Å². The number of hydrazone groups is 1. The predicted octanol–water partition coefficient (Wildman–Crippen LogP) is 2.37. The average molecular weight is 508 g/mol. The lowest BCUT2D eigenvalue weighted by atomic mass is 9.94. The summed E-state index contributed by atoms with van der Waals surface area (Å²) in [7, 11) is 0. The number of carbonyl (C=O) groups is 2. The van der Waals surface area contributed by atoms with Crippen molar-refractivity contribution in [3.05, 3.63) is 59.7 Å². The first-order valence-corrected chi connectivity index (χ1v) is 12.1. The van der Waals surface area contributed by atoms with E-state index in [9.17, 15) is 20.0 Å². The first-order chi connectivity index (χ1) is 17.6. The van der Waals surface area contributed by atoms with Crippen LogP contribution in [0.25, 0.3) is 0 Å². The van der Waals surface area contributed by atoms with E-state index in [1.54, 1.807) is 48.4 Å². The quantitative estimate of drug-likeness (QED) is 0.397. The fourth-order valence-electron chi connectivity index (χ4n) is 3.73. The number of nitrogens with zero attached hydrogens (tertiary/aromatic N) is 3. The number of hydrogen-bond acceptors (Lipinski definition) is 8. The number of aliphatic hydroxyl groups is 1. The smallest absolute Gasteiger partial charge is 0.258 e. The Kier molecular flexibility index (Phi) is 9.22. The van der Waals surface area contributed by atoms with Gasteiger partial charge in [0.1, 0.15) is 11.8 Å². The van der Waals surface area contributed by atoms with Gasteiger partial charge in [-0.2, -0.15) is 10.4 Å². The molecule has 0 spiro atoms. The highest BCUT2D eigenvalue weighted by Gasteiger charge is 2.31. The van der Waals surface area contributed by atoms with E-state index < -0.39 is 11.6 Å². The molecule has 0 fully saturated rings. The van der Waals surface area contributed by atoms with Crippen LogP contribution in [-0.2, 0) is 9.59 Å². The molecule has 0 aromatic heterocycles. The molecule has 0 saturated carbocycles. The zero-order valence-corrected chi connectivity index (χ0v) is 21.5. The van der Waals surface area contributed by atoms with Crippen molar-refractivity contribution < 1.29 is 24.3 Å². The van der Waals surface area contributed by atoms with Gasteiger partial charge in [-0.15, -0.1) is 5.06 Å². The van der Waals surface area contributed by atoms with E-state index in [0.717, 1.165) is 11.3 Å². The van der Waals surface area contributed by atoms with Gasteiger partial charge in [0.15, 0.2) is 12.4 Å². The van der Waals surface area contributed by atoms with Gasteiger partial charge >= 0.3 is 0 Å². The number of hydroxylamine groups is 2. The summed E-state index contributed by atoms with van der Waals surface area (Å²) < 4.78 is 5.63. The average Bonchev–Trinajstić information content (AvgIpc) is 2.86. The number of benzene rings is 2. The van der Waals surface area contributed by atoms with Crippen LogP contribution in [0.15, 0.2) is 53.6 Å². The molecular formula is C27H33N5O5. The van der Waals surface area contributed by atoms with Crippen LogP contribution in [-0.4, -0.2) is 59.0 Å². The molecule has 1 heterocycles. The second kappa shape index (κ2) is 12.3. The van der Waals surface area contributed by atoms with Gasteiger partial charge in [-0.25, -0.2) is 5.43 Å². The molecule has 2 atom stereocenters. The van der Waals surface area contributed by atoms with Crippen LogP contribution in [0.4, 0.5) is 0 Å². The van der Waals surface area contributed by atoms with Crippen LogP contribution < -0.4 is 20.3 Å². The third-order valence-corrected chi connectivity index (χ3v) is 5.82. The number of rotatable bonds is 11. The fraction of sp³-hybridized carbons (Fsp3) is 0.407. The summed E-state index contributed by atoms with van der Waals surface area (Å²) in [4.78, 5) is 29.9. The monoisotopic (exact) mass is 507 g/mol. The molecule has 0 radical (unpaired) electrons. The van der Waals surface area contributed by atoms with Gasteiger partial charge in [-0.1, -0.05) is 19.1 Å². The van der Waals surface area contributed by atoms with Gasteiger partial charge in [-0.05, 0) is 62.7 Å². The van der Waals surface area contributed by atoms with E-state index in [-0.39, 0.29) is 37.4 Å². The van der Waals surface area contributed by atoms with E-state index >= 15 is 0 Å². The van der Waals surface area contributed by atoms with Crippen LogP contribution >= 0.6 is 0 Å². The molecule has 196 valence electrons. The normalized spacial score (nSPS) is 16.3. The van der Waals surface area contributed by atoms with E-state index in [1.165, 1.54) is 0 Å². The summed E-state index contributed by atoms with van der Waals surface area (Å²) in [5.74, 6) is 0.490. The Balaban J connectivity index is 1.55. The minimum Gasteiger partial charge on any atom is -0.484 e. The number of amides is 2. The van der Waals surface area contributed by atoms with Crippen LogP contribution in [0.2, 0.25) is 0 Å². The molecule has 0 aliphatic carbocycles.